The van der Waals surface area contributed by atoms with Gasteiger partial charge in [-0.3, -0.25) is 9.58 Å². The van der Waals surface area contributed by atoms with Crippen molar-refractivity contribution < 1.29 is 8.42 Å². The summed E-state index contributed by atoms with van der Waals surface area (Å²) in [7, 11) is -3.26. The van der Waals surface area contributed by atoms with Crippen molar-refractivity contribution in [2.24, 2.45) is 0 Å². The molecule has 0 saturated carbocycles. The molecule has 7 heteroatoms. The van der Waals surface area contributed by atoms with Crippen LogP contribution in [0.15, 0.2) is 52.3 Å². The van der Waals surface area contributed by atoms with Gasteiger partial charge in [-0.25, -0.2) is 8.42 Å². The third-order valence-corrected chi connectivity index (χ3v) is 8.84. The number of likely N-dealkylation sites (tertiary alicyclic amines) is 1. The van der Waals surface area contributed by atoms with Gasteiger partial charge in [0, 0.05) is 43.4 Å². The normalized spacial score (nSPS) is 23.2. The first-order valence-corrected chi connectivity index (χ1v) is 12.1. The van der Waals surface area contributed by atoms with Crippen LogP contribution < -0.4 is 0 Å². The second kappa shape index (κ2) is 6.54. The van der Waals surface area contributed by atoms with E-state index in [4.69, 9.17) is 0 Å². The predicted octanol–water partition coefficient (Wildman–Crippen LogP) is 3.95. The van der Waals surface area contributed by atoms with Gasteiger partial charge in [0.15, 0.2) is 9.84 Å². The highest BCUT2D eigenvalue weighted by Gasteiger charge is 2.50. The predicted molar refractivity (Wildman–Crippen MR) is 111 cm³/mol. The minimum atomic E-state index is -3.26. The molecule has 0 unspecified atom stereocenters. The SMILES string of the molecule is CC(C)n1cc(CN2C[C@@H]3c4cc(-c5ccsc5)ccc4S(=O)(=O)[C@@H]3C2)cn1. The van der Waals surface area contributed by atoms with Crippen LogP contribution in [0.4, 0.5) is 0 Å². The van der Waals surface area contributed by atoms with Crippen molar-refractivity contribution in [3.8, 4) is 11.1 Å². The van der Waals surface area contributed by atoms with Gasteiger partial charge in [0.2, 0.25) is 0 Å². The quantitative estimate of drug-likeness (QED) is 0.650. The van der Waals surface area contributed by atoms with Crippen LogP contribution >= 0.6 is 11.3 Å². The Morgan fingerprint density at radius 2 is 2.07 bits per heavy atom. The highest BCUT2D eigenvalue weighted by atomic mass is 32.2. The van der Waals surface area contributed by atoms with E-state index in [9.17, 15) is 8.42 Å². The Balaban J connectivity index is 1.43. The number of hydrogen-bond donors (Lipinski definition) is 0. The molecule has 3 aromatic rings. The van der Waals surface area contributed by atoms with E-state index in [-0.39, 0.29) is 11.2 Å². The lowest BCUT2D eigenvalue weighted by Crippen LogP contribution is -2.25. The van der Waals surface area contributed by atoms with Crippen LogP contribution in [-0.2, 0) is 16.4 Å². The van der Waals surface area contributed by atoms with E-state index in [2.05, 4.69) is 52.9 Å². The third kappa shape index (κ3) is 2.84. The molecule has 2 aromatic heterocycles. The monoisotopic (exact) mass is 413 g/mol. The number of thiophene rings is 1. The van der Waals surface area contributed by atoms with Crippen LogP contribution in [0.2, 0.25) is 0 Å². The lowest BCUT2D eigenvalue weighted by atomic mass is 9.95. The Bertz CT molecular complexity index is 1120. The topological polar surface area (TPSA) is 55.2 Å². The van der Waals surface area contributed by atoms with Gasteiger partial charge in [0.05, 0.1) is 16.3 Å². The van der Waals surface area contributed by atoms with Crippen molar-refractivity contribution in [1.82, 2.24) is 14.7 Å². The maximum Gasteiger partial charge on any atom is 0.183 e. The first kappa shape index (κ1) is 18.1. The van der Waals surface area contributed by atoms with Gasteiger partial charge in [-0.15, -0.1) is 0 Å². The standard InChI is InChI=1S/C21H23N3O2S2/c1-14(2)24-10-15(8-22-24)9-23-11-19-18-7-16(17-5-6-27-13-17)3-4-20(18)28(25,26)21(19)12-23/h3-8,10,13-14,19,21H,9,11-12H2,1-2H3/t19-,21-/m1/s1. The van der Waals surface area contributed by atoms with Crippen LogP contribution in [0.3, 0.4) is 0 Å². The van der Waals surface area contributed by atoms with Gasteiger partial charge in [-0.1, -0.05) is 6.07 Å². The highest BCUT2D eigenvalue weighted by molar-refractivity contribution is 7.92. The van der Waals surface area contributed by atoms with E-state index in [1.54, 1.807) is 11.3 Å². The van der Waals surface area contributed by atoms with Gasteiger partial charge in [0.25, 0.3) is 0 Å². The summed E-state index contributed by atoms with van der Waals surface area (Å²) >= 11 is 1.66. The molecular weight excluding hydrogens is 390 g/mol. The number of hydrogen-bond acceptors (Lipinski definition) is 5. The lowest BCUT2D eigenvalue weighted by Gasteiger charge is -2.16. The smallest absolute Gasteiger partial charge is 0.183 e. The lowest BCUT2D eigenvalue weighted by molar-refractivity contribution is 0.325. The zero-order valence-electron chi connectivity index (χ0n) is 15.9. The van der Waals surface area contributed by atoms with Crippen molar-refractivity contribution in [1.29, 1.82) is 0 Å². The Labute approximate surface area is 169 Å². The summed E-state index contributed by atoms with van der Waals surface area (Å²) in [6.45, 7) is 6.31. The average Bonchev–Trinajstić information content (AvgIpc) is 3.43. The second-order valence-electron chi connectivity index (χ2n) is 8.07. The highest BCUT2D eigenvalue weighted by Crippen LogP contribution is 2.46. The molecule has 0 bridgehead atoms. The second-order valence-corrected chi connectivity index (χ2v) is 11.0. The summed E-state index contributed by atoms with van der Waals surface area (Å²) in [5.41, 5.74) is 4.39. The maximum absolute atomic E-state index is 13.1. The Hall–Kier alpha value is -1.96. The van der Waals surface area contributed by atoms with E-state index in [0.29, 0.717) is 17.5 Å². The molecule has 2 aliphatic rings. The molecule has 0 spiro atoms. The van der Waals surface area contributed by atoms with Crippen LogP contribution in [0, 0.1) is 0 Å². The van der Waals surface area contributed by atoms with Crippen LogP contribution in [0.25, 0.3) is 11.1 Å². The molecule has 4 heterocycles. The summed E-state index contributed by atoms with van der Waals surface area (Å²) in [6, 6.07) is 8.26. The van der Waals surface area contributed by atoms with Crippen molar-refractivity contribution in [3.05, 3.63) is 58.5 Å². The molecule has 0 radical (unpaired) electrons. The molecule has 1 saturated heterocycles. The van der Waals surface area contributed by atoms with Gasteiger partial charge >= 0.3 is 0 Å². The molecule has 2 aliphatic heterocycles. The summed E-state index contributed by atoms with van der Waals surface area (Å²) in [6.07, 6.45) is 3.96. The van der Waals surface area contributed by atoms with E-state index in [1.165, 1.54) is 0 Å². The van der Waals surface area contributed by atoms with E-state index in [0.717, 1.165) is 35.3 Å². The van der Waals surface area contributed by atoms with Gasteiger partial charge in [0.1, 0.15) is 0 Å². The molecule has 146 valence electrons. The number of aromatic nitrogens is 2. The van der Waals surface area contributed by atoms with Crippen molar-refractivity contribution >= 4 is 21.2 Å². The van der Waals surface area contributed by atoms with Gasteiger partial charge in [-0.05, 0) is 59.5 Å². The van der Waals surface area contributed by atoms with E-state index in [1.807, 2.05) is 23.0 Å². The Kier molecular flexibility index (Phi) is 4.23. The Morgan fingerprint density at radius 3 is 2.79 bits per heavy atom. The summed E-state index contributed by atoms with van der Waals surface area (Å²) < 4.78 is 28.2. The summed E-state index contributed by atoms with van der Waals surface area (Å²) in [5, 5.41) is 8.23. The molecule has 28 heavy (non-hydrogen) atoms. The van der Waals surface area contributed by atoms with Crippen molar-refractivity contribution in [3.63, 3.8) is 0 Å². The third-order valence-electron chi connectivity index (χ3n) is 5.90. The largest absolute Gasteiger partial charge is 0.297 e. The number of rotatable bonds is 4. The van der Waals surface area contributed by atoms with Crippen LogP contribution in [0.5, 0.6) is 0 Å². The molecule has 5 rings (SSSR count). The number of benzene rings is 1. The number of nitrogens with zero attached hydrogens (tertiary/aromatic N) is 3. The first-order valence-electron chi connectivity index (χ1n) is 9.59. The minimum absolute atomic E-state index is 0.0544. The molecule has 1 fully saturated rings. The Morgan fingerprint density at radius 1 is 1.21 bits per heavy atom. The molecule has 0 N–H and O–H groups in total. The molecule has 0 aliphatic carbocycles. The molecule has 0 amide bonds. The zero-order chi connectivity index (χ0) is 19.5. The molecule has 1 aromatic carbocycles. The van der Waals surface area contributed by atoms with Crippen LogP contribution in [0.1, 0.15) is 36.9 Å². The van der Waals surface area contributed by atoms with Gasteiger partial charge in [-0.2, -0.15) is 16.4 Å². The maximum atomic E-state index is 13.1. The fraction of sp³-hybridized carbons (Fsp3) is 0.381. The molecule has 2 atom stereocenters. The van der Waals surface area contributed by atoms with E-state index < -0.39 is 9.84 Å². The molecule has 5 nitrogen and oxygen atoms in total. The summed E-state index contributed by atoms with van der Waals surface area (Å²) in [5.74, 6) is 0.0544. The molecular formula is C21H23N3O2S2. The first-order chi connectivity index (χ1) is 13.4. The van der Waals surface area contributed by atoms with E-state index >= 15 is 0 Å². The fourth-order valence-corrected chi connectivity index (χ4v) is 7.32. The van der Waals surface area contributed by atoms with Crippen molar-refractivity contribution in [2.75, 3.05) is 13.1 Å². The zero-order valence-corrected chi connectivity index (χ0v) is 17.6. The minimum Gasteiger partial charge on any atom is -0.297 e. The van der Waals surface area contributed by atoms with Crippen molar-refractivity contribution in [2.45, 2.75) is 42.5 Å². The number of fused-ring (bicyclic) bond motifs is 3. The van der Waals surface area contributed by atoms with Crippen LogP contribution in [-0.4, -0.2) is 41.4 Å². The summed E-state index contributed by atoms with van der Waals surface area (Å²) in [4.78, 5) is 2.79. The number of sulfone groups is 1. The van der Waals surface area contributed by atoms with Gasteiger partial charge < -0.3 is 0 Å². The fourth-order valence-electron chi connectivity index (χ4n) is 4.46. The average molecular weight is 414 g/mol.